The SMILES string of the molecule is O=c1c2ccccc2c2cccc3c2n1-c1ccccc1C31c2ccccc2N(c2ccccc2)c2ccccc21.c1ccc(N2c3ccccc3C3(c4ccccc4N4Cc5ccccc5-c5cccc3c54)c3ccccc32)cc1. The van der Waals surface area contributed by atoms with Crippen LogP contribution in [0.4, 0.5) is 45.5 Å². The second-order valence-electron chi connectivity index (χ2n) is 21.8. The van der Waals surface area contributed by atoms with Crippen LogP contribution in [0.1, 0.15) is 50.1 Å². The second kappa shape index (κ2) is 17.3. The van der Waals surface area contributed by atoms with E-state index >= 15 is 0 Å². The molecule has 0 fully saturated rings. The van der Waals surface area contributed by atoms with Crippen LogP contribution in [0.2, 0.25) is 0 Å². The molecule has 380 valence electrons. The number of anilines is 8. The van der Waals surface area contributed by atoms with Gasteiger partial charge in [-0.1, -0.05) is 224 Å². The highest BCUT2D eigenvalue weighted by atomic mass is 16.1. The Bertz CT molecular complexity index is 4720. The minimum absolute atomic E-state index is 0.0196. The lowest BCUT2D eigenvalue weighted by Gasteiger charge is -2.52. The van der Waals surface area contributed by atoms with Crippen LogP contribution in [0.5, 0.6) is 0 Å². The molecular formula is C76H50N4O. The summed E-state index contributed by atoms with van der Waals surface area (Å²) in [5.41, 5.74) is 24.5. The van der Waals surface area contributed by atoms with E-state index in [9.17, 15) is 4.79 Å². The van der Waals surface area contributed by atoms with Gasteiger partial charge in [-0.25, -0.2) is 0 Å². The zero-order chi connectivity index (χ0) is 53.4. The van der Waals surface area contributed by atoms with Crippen LogP contribution in [0.25, 0.3) is 38.5 Å². The molecule has 81 heavy (non-hydrogen) atoms. The number of fused-ring (bicyclic) bond motifs is 20. The number of pyridine rings is 1. The predicted molar refractivity (Wildman–Crippen MR) is 331 cm³/mol. The number of para-hydroxylation sites is 10. The Labute approximate surface area is 469 Å². The highest BCUT2D eigenvalue weighted by Crippen LogP contribution is 2.66. The highest BCUT2D eigenvalue weighted by molar-refractivity contribution is 6.10. The van der Waals surface area contributed by atoms with Crippen LogP contribution in [-0.4, -0.2) is 4.57 Å². The number of nitrogens with zero attached hydrogens (tertiary/aromatic N) is 4. The Morgan fingerprint density at radius 1 is 0.284 bits per heavy atom. The summed E-state index contributed by atoms with van der Waals surface area (Å²) in [5.74, 6) is 0. The Kier molecular flexibility index (Phi) is 9.70. The molecule has 0 saturated carbocycles. The van der Waals surface area contributed by atoms with Crippen LogP contribution in [0.15, 0.2) is 296 Å². The zero-order valence-corrected chi connectivity index (χ0v) is 44.1. The van der Waals surface area contributed by atoms with E-state index in [1.54, 1.807) is 0 Å². The van der Waals surface area contributed by atoms with Gasteiger partial charge >= 0.3 is 0 Å². The fraction of sp³-hybridized carbons (Fsp3) is 0.0395. The van der Waals surface area contributed by atoms with E-state index < -0.39 is 10.8 Å². The Balaban J connectivity index is 0.000000129. The normalized spacial score (nSPS) is 14.5. The molecule has 18 rings (SSSR count). The molecule has 5 aliphatic rings. The molecule has 0 saturated heterocycles. The largest absolute Gasteiger partial charge is 0.336 e. The van der Waals surface area contributed by atoms with Crippen molar-refractivity contribution in [3.05, 3.63) is 352 Å². The van der Waals surface area contributed by atoms with Crippen LogP contribution < -0.4 is 20.3 Å². The average molecular weight is 1040 g/mol. The number of hydrogen-bond acceptors (Lipinski definition) is 4. The standard InChI is InChI=1S/C38H24N2O.C38H26N2/c41-37-28-16-5-4-15-26(28)27-17-12-21-32-36(27)40(37)35-24-11-8-20-31(35)38(32)29-18-6-9-22-33(29)39(25-13-2-1-3-14-25)34-23-10-7-19-30(34)38;1-2-14-27(15-3-1)40-35-23-10-7-19-31(35)38(32-20-8-11-24-36(32)40)30-18-6-9-22-34(30)39-25-26-13-4-5-16-28(26)29-17-12-21-33(38)37(29)39/h1-24H;1-24H,25H2. The maximum Gasteiger partial charge on any atom is 0.263 e. The second-order valence-corrected chi connectivity index (χ2v) is 21.8. The Morgan fingerprint density at radius 3 is 1.22 bits per heavy atom. The summed E-state index contributed by atoms with van der Waals surface area (Å²) in [5, 5.41) is 2.82. The topological polar surface area (TPSA) is 31.7 Å². The predicted octanol–water partition coefficient (Wildman–Crippen LogP) is 18.1. The van der Waals surface area contributed by atoms with Gasteiger partial charge in [0.05, 0.1) is 50.5 Å². The molecule has 1 aromatic heterocycles. The smallest absolute Gasteiger partial charge is 0.263 e. The van der Waals surface area contributed by atoms with Crippen molar-refractivity contribution in [1.29, 1.82) is 0 Å². The first-order chi connectivity index (χ1) is 40.2. The minimum atomic E-state index is -0.622. The lowest BCUT2D eigenvalue weighted by molar-refractivity contribution is 0.703. The van der Waals surface area contributed by atoms with Gasteiger partial charge in [0.25, 0.3) is 5.56 Å². The van der Waals surface area contributed by atoms with Crippen molar-refractivity contribution >= 4 is 67.2 Å². The van der Waals surface area contributed by atoms with Crippen molar-refractivity contribution in [3.8, 4) is 16.8 Å². The van der Waals surface area contributed by atoms with Crippen LogP contribution in [-0.2, 0) is 17.4 Å². The fourth-order valence-corrected chi connectivity index (χ4v) is 15.1. The first kappa shape index (κ1) is 45.5. The van der Waals surface area contributed by atoms with Gasteiger partial charge in [-0.3, -0.25) is 9.36 Å². The molecule has 5 heteroatoms. The monoisotopic (exact) mass is 1030 g/mol. The lowest BCUT2D eigenvalue weighted by atomic mass is 9.59. The summed E-state index contributed by atoms with van der Waals surface area (Å²) >= 11 is 0. The summed E-state index contributed by atoms with van der Waals surface area (Å²) in [6.45, 7) is 0.868. The highest BCUT2D eigenvalue weighted by Gasteiger charge is 2.54. The molecule has 5 aliphatic heterocycles. The van der Waals surface area contributed by atoms with Crippen LogP contribution >= 0.6 is 0 Å². The molecule has 0 bridgehead atoms. The van der Waals surface area contributed by atoms with E-state index in [0.29, 0.717) is 0 Å². The quantitative estimate of drug-likeness (QED) is 0.162. The van der Waals surface area contributed by atoms with Crippen molar-refractivity contribution in [2.75, 3.05) is 14.7 Å². The van der Waals surface area contributed by atoms with Gasteiger partial charge in [0.15, 0.2) is 0 Å². The third-order valence-corrected chi connectivity index (χ3v) is 18.0. The van der Waals surface area contributed by atoms with E-state index in [1.807, 2.05) is 28.8 Å². The Morgan fingerprint density at radius 2 is 0.654 bits per heavy atom. The molecule has 0 atom stereocenters. The first-order valence-corrected chi connectivity index (χ1v) is 28.0. The van der Waals surface area contributed by atoms with Gasteiger partial charge in [0, 0.05) is 39.9 Å². The van der Waals surface area contributed by atoms with Gasteiger partial charge in [0.1, 0.15) is 0 Å². The van der Waals surface area contributed by atoms with E-state index in [-0.39, 0.29) is 5.56 Å². The fourth-order valence-electron chi connectivity index (χ4n) is 15.1. The van der Waals surface area contributed by atoms with E-state index in [2.05, 4.69) is 282 Å². The molecule has 0 aliphatic carbocycles. The average Bonchev–Trinajstić information content (AvgIpc) is 1.38. The maximum atomic E-state index is 14.3. The number of aromatic nitrogens is 1. The summed E-state index contributed by atoms with van der Waals surface area (Å²) < 4.78 is 1.96. The molecule has 0 radical (unpaired) electrons. The zero-order valence-electron chi connectivity index (χ0n) is 44.1. The summed E-state index contributed by atoms with van der Waals surface area (Å²) in [6.07, 6.45) is 0. The summed E-state index contributed by atoms with van der Waals surface area (Å²) in [4.78, 5) is 21.7. The minimum Gasteiger partial charge on any atom is -0.336 e. The molecule has 12 aromatic carbocycles. The molecule has 2 spiro atoms. The van der Waals surface area contributed by atoms with E-state index in [0.717, 1.165) is 62.1 Å². The number of hydrogen-bond donors (Lipinski definition) is 0. The van der Waals surface area contributed by atoms with Crippen molar-refractivity contribution < 1.29 is 0 Å². The maximum absolute atomic E-state index is 14.3. The summed E-state index contributed by atoms with van der Waals surface area (Å²) in [7, 11) is 0. The van der Waals surface area contributed by atoms with Gasteiger partial charge in [-0.05, 0) is 128 Å². The first-order valence-electron chi connectivity index (χ1n) is 28.0. The van der Waals surface area contributed by atoms with Crippen molar-refractivity contribution in [3.63, 3.8) is 0 Å². The van der Waals surface area contributed by atoms with Crippen molar-refractivity contribution in [2.45, 2.75) is 17.4 Å². The van der Waals surface area contributed by atoms with E-state index in [1.165, 1.54) is 78.5 Å². The Hall–Kier alpha value is -10.5. The van der Waals surface area contributed by atoms with E-state index in [4.69, 9.17) is 0 Å². The number of rotatable bonds is 2. The molecule has 0 N–H and O–H groups in total. The molecule has 0 unspecified atom stereocenters. The van der Waals surface area contributed by atoms with Crippen molar-refractivity contribution in [2.24, 2.45) is 0 Å². The molecule has 0 amide bonds. The van der Waals surface area contributed by atoms with Gasteiger partial charge in [-0.15, -0.1) is 0 Å². The van der Waals surface area contributed by atoms with Crippen molar-refractivity contribution in [1.82, 2.24) is 4.57 Å². The molecule has 13 aromatic rings. The van der Waals surface area contributed by atoms with Gasteiger partial charge < -0.3 is 14.7 Å². The van der Waals surface area contributed by atoms with Crippen LogP contribution in [0, 0.1) is 0 Å². The molecular weight excluding hydrogens is 985 g/mol. The number of benzene rings is 12. The van der Waals surface area contributed by atoms with Gasteiger partial charge in [0.2, 0.25) is 0 Å². The molecule has 5 nitrogen and oxygen atoms in total. The molecule has 6 heterocycles. The summed E-state index contributed by atoms with van der Waals surface area (Å²) in [6, 6.07) is 105. The van der Waals surface area contributed by atoms with Crippen LogP contribution in [0.3, 0.4) is 0 Å². The van der Waals surface area contributed by atoms with Gasteiger partial charge in [-0.2, -0.15) is 0 Å². The third kappa shape index (κ3) is 6.01. The third-order valence-electron chi connectivity index (χ3n) is 18.0. The lowest BCUT2D eigenvalue weighted by Crippen LogP contribution is -2.43.